The lowest BCUT2D eigenvalue weighted by atomic mass is 9.96. The maximum Gasteiger partial charge on any atom is 0.416 e. The summed E-state index contributed by atoms with van der Waals surface area (Å²) in [5.41, 5.74) is -0.546. The molecule has 1 aromatic carbocycles. The van der Waals surface area contributed by atoms with Crippen LogP contribution in [-0.4, -0.2) is 10.9 Å². The van der Waals surface area contributed by atoms with Crippen molar-refractivity contribution in [2.24, 2.45) is 5.92 Å². The van der Waals surface area contributed by atoms with Gasteiger partial charge in [-0.05, 0) is 31.0 Å². The molecule has 0 fully saturated rings. The molecule has 0 aromatic heterocycles. The Hall–Kier alpha value is -1.52. The number of alkyl halides is 3. The first-order valence-corrected chi connectivity index (χ1v) is 5.11. The summed E-state index contributed by atoms with van der Waals surface area (Å²) >= 11 is 0. The molecule has 0 saturated heterocycles. The summed E-state index contributed by atoms with van der Waals surface area (Å²) in [4.78, 5) is 11.0. The predicted molar refractivity (Wildman–Crippen MR) is 56.7 cm³/mol. The fourth-order valence-corrected chi connectivity index (χ4v) is 1.39. The first-order valence-electron chi connectivity index (χ1n) is 5.11. The van der Waals surface area contributed by atoms with Crippen LogP contribution < -0.4 is 0 Å². The van der Waals surface area contributed by atoms with Crippen LogP contribution >= 0.6 is 0 Å². The second-order valence-corrected chi connectivity index (χ2v) is 4.06. The number of ketones is 1. The number of carbonyl (C=O) groups excluding carboxylic acids is 1. The van der Waals surface area contributed by atoms with E-state index in [9.17, 15) is 23.1 Å². The minimum atomic E-state index is -4.47. The number of hydrogen-bond donors (Lipinski definition) is 1. The number of hydrogen-bond acceptors (Lipinski definition) is 2. The Bertz CT molecular complexity index is 424. The highest BCUT2D eigenvalue weighted by atomic mass is 19.4. The monoisotopic (exact) mass is 246 g/mol. The van der Waals surface area contributed by atoms with E-state index in [-0.39, 0.29) is 18.1 Å². The van der Waals surface area contributed by atoms with Gasteiger partial charge in [0.25, 0.3) is 0 Å². The summed E-state index contributed by atoms with van der Waals surface area (Å²) in [7, 11) is 0. The van der Waals surface area contributed by atoms with Crippen molar-refractivity contribution in [3.8, 4) is 5.75 Å². The number of benzene rings is 1. The Morgan fingerprint density at radius 3 is 2.41 bits per heavy atom. The van der Waals surface area contributed by atoms with Crippen LogP contribution in [0.3, 0.4) is 0 Å². The molecule has 0 saturated carbocycles. The normalized spacial score (nSPS) is 13.5. The molecular weight excluding hydrogens is 233 g/mol. The van der Waals surface area contributed by atoms with Crippen molar-refractivity contribution < 1.29 is 23.1 Å². The summed E-state index contributed by atoms with van der Waals surface area (Å²) in [6.07, 6.45) is -4.23. The first kappa shape index (κ1) is 13.5. The van der Waals surface area contributed by atoms with Gasteiger partial charge in [-0.25, -0.2) is 0 Å². The highest BCUT2D eigenvalue weighted by Crippen LogP contribution is 2.33. The van der Waals surface area contributed by atoms with Crippen molar-refractivity contribution in [2.75, 3.05) is 0 Å². The number of carbonyl (C=O) groups is 1. The van der Waals surface area contributed by atoms with E-state index in [4.69, 9.17) is 0 Å². The molecule has 1 rings (SSSR count). The van der Waals surface area contributed by atoms with E-state index in [1.165, 1.54) is 13.0 Å². The number of phenols is 1. The van der Waals surface area contributed by atoms with Gasteiger partial charge in [-0.3, -0.25) is 4.79 Å². The summed E-state index contributed by atoms with van der Waals surface area (Å²) in [5, 5.41) is 9.47. The van der Waals surface area contributed by atoms with E-state index in [1.54, 1.807) is 6.92 Å². The van der Waals surface area contributed by atoms with Gasteiger partial charge >= 0.3 is 6.18 Å². The zero-order valence-corrected chi connectivity index (χ0v) is 9.51. The highest BCUT2D eigenvalue weighted by molar-refractivity contribution is 5.78. The fraction of sp³-hybridized carbons (Fsp3) is 0.417. The van der Waals surface area contributed by atoms with Crippen LogP contribution in [0.4, 0.5) is 13.2 Å². The molecule has 2 nitrogen and oxygen atoms in total. The molecule has 94 valence electrons. The minimum absolute atomic E-state index is 0.0655. The van der Waals surface area contributed by atoms with Crippen molar-refractivity contribution in [3.05, 3.63) is 29.3 Å². The molecular formula is C12H13F3O2. The molecule has 5 heteroatoms. The van der Waals surface area contributed by atoms with E-state index in [0.29, 0.717) is 11.6 Å². The lowest BCUT2D eigenvalue weighted by Gasteiger charge is -2.12. The largest absolute Gasteiger partial charge is 0.508 e. The van der Waals surface area contributed by atoms with Gasteiger partial charge in [-0.15, -0.1) is 0 Å². The fourth-order valence-electron chi connectivity index (χ4n) is 1.39. The van der Waals surface area contributed by atoms with E-state index < -0.39 is 17.5 Å². The van der Waals surface area contributed by atoms with Crippen LogP contribution in [-0.2, 0) is 17.4 Å². The Labute approximate surface area is 97.1 Å². The molecule has 0 bridgehead atoms. The van der Waals surface area contributed by atoms with Crippen molar-refractivity contribution in [1.29, 1.82) is 0 Å². The molecule has 0 heterocycles. The molecule has 0 aliphatic heterocycles. The van der Waals surface area contributed by atoms with Crippen molar-refractivity contribution in [2.45, 2.75) is 26.4 Å². The number of halogens is 3. The van der Waals surface area contributed by atoms with E-state index in [1.807, 2.05) is 0 Å². The van der Waals surface area contributed by atoms with Gasteiger partial charge < -0.3 is 5.11 Å². The lowest BCUT2D eigenvalue weighted by Crippen LogP contribution is -2.10. The lowest BCUT2D eigenvalue weighted by molar-refractivity contribution is -0.137. The Morgan fingerprint density at radius 2 is 2.00 bits per heavy atom. The van der Waals surface area contributed by atoms with Crippen LogP contribution in [0, 0.1) is 5.92 Å². The smallest absolute Gasteiger partial charge is 0.416 e. The van der Waals surface area contributed by atoms with Crippen molar-refractivity contribution in [3.63, 3.8) is 0 Å². The molecule has 1 N–H and O–H groups in total. The SMILES string of the molecule is CC(=O)C(C)Cc1ccc(C(F)(F)F)cc1O. The zero-order chi connectivity index (χ0) is 13.2. The van der Waals surface area contributed by atoms with E-state index in [2.05, 4.69) is 0 Å². The maximum atomic E-state index is 12.3. The Kier molecular flexibility index (Phi) is 3.80. The third-order valence-electron chi connectivity index (χ3n) is 2.63. The summed E-state index contributed by atoms with van der Waals surface area (Å²) in [6.45, 7) is 3.07. The number of rotatable bonds is 3. The quantitative estimate of drug-likeness (QED) is 0.889. The molecule has 17 heavy (non-hydrogen) atoms. The van der Waals surface area contributed by atoms with Gasteiger partial charge in [0.2, 0.25) is 0 Å². The molecule has 0 aliphatic rings. The van der Waals surface area contributed by atoms with Crippen LogP contribution in [0.15, 0.2) is 18.2 Å². The molecule has 1 unspecified atom stereocenters. The second-order valence-electron chi connectivity index (χ2n) is 4.06. The van der Waals surface area contributed by atoms with Crippen LogP contribution in [0.5, 0.6) is 5.75 Å². The Morgan fingerprint density at radius 1 is 1.41 bits per heavy atom. The van der Waals surface area contributed by atoms with Crippen LogP contribution in [0.25, 0.3) is 0 Å². The molecule has 0 radical (unpaired) electrons. The standard InChI is InChI=1S/C12H13F3O2/c1-7(8(2)16)5-9-3-4-10(6-11(9)17)12(13,14)15/h3-4,6-7,17H,5H2,1-2H3. The van der Waals surface area contributed by atoms with Crippen LogP contribution in [0.2, 0.25) is 0 Å². The van der Waals surface area contributed by atoms with Gasteiger partial charge in [-0.1, -0.05) is 13.0 Å². The van der Waals surface area contributed by atoms with Gasteiger partial charge in [0.05, 0.1) is 5.56 Å². The van der Waals surface area contributed by atoms with Gasteiger partial charge in [0.1, 0.15) is 11.5 Å². The van der Waals surface area contributed by atoms with Gasteiger partial charge in [-0.2, -0.15) is 13.2 Å². The number of aromatic hydroxyl groups is 1. The summed E-state index contributed by atoms with van der Waals surface area (Å²) < 4.78 is 37.0. The summed E-state index contributed by atoms with van der Waals surface area (Å²) in [5.74, 6) is -0.810. The predicted octanol–water partition coefficient (Wildman–Crippen LogP) is 3.18. The maximum absolute atomic E-state index is 12.3. The topological polar surface area (TPSA) is 37.3 Å². The molecule has 0 aliphatic carbocycles. The van der Waals surface area contributed by atoms with E-state index >= 15 is 0 Å². The van der Waals surface area contributed by atoms with Gasteiger partial charge in [0, 0.05) is 5.92 Å². The van der Waals surface area contributed by atoms with Crippen molar-refractivity contribution >= 4 is 5.78 Å². The third-order valence-corrected chi connectivity index (χ3v) is 2.63. The average molecular weight is 246 g/mol. The third kappa shape index (κ3) is 3.47. The molecule has 1 aromatic rings. The second kappa shape index (κ2) is 4.77. The minimum Gasteiger partial charge on any atom is -0.508 e. The zero-order valence-electron chi connectivity index (χ0n) is 9.51. The molecule has 0 amide bonds. The van der Waals surface area contributed by atoms with Crippen LogP contribution in [0.1, 0.15) is 25.0 Å². The summed E-state index contributed by atoms with van der Waals surface area (Å²) in [6, 6.07) is 2.79. The highest BCUT2D eigenvalue weighted by Gasteiger charge is 2.31. The average Bonchev–Trinajstić information content (AvgIpc) is 2.19. The molecule has 1 atom stereocenters. The van der Waals surface area contributed by atoms with E-state index in [0.717, 1.165) is 6.07 Å². The first-order chi connectivity index (χ1) is 7.71. The molecule has 0 spiro atoms. The number of phenolic OH excluding ortho intramolecular Hbond substituents is 1. The van der Waals surface area contributed by atoms with Gasteiger partial charge in [0.15, 0.2) is 0 Å². The van der Waals surface area contributed by atoms with Crippen molar-refractivity contribution in [1.82, 2.24) is 0 Å². The Balaban J connectivity index is 2.95. The number of Topliss-reactive ketones (excluding diaryl/α,β-unsaturated/α-hetero) is 1.